The van der Waals surface area contributed by atoms with Crippen molar-refractivity contribution in [3.8, 4) is 0 Å². The number of piperazine rings is 1. The van der Waals surface area contributed by atoms with Gasteiger partial charge in [0.2, 0.25) is 11.9 Å². The first-order chi connectivity index (χ1) is 8.13. The molecule has 1 unspecified atom stereocenters. The van der Waals surface area contributed by atoms with Crippen molar-refractivity contribution in [3.05, 3.63) is 11.2 Å². The Hall–Kier alpha value is -1.60. The van der Waals surface area contributed by atoms with Crippen molar-refractivity contribution in [1.29, 1.82) is 0 Å². The molecule has 1 aliphatic rings. The summed E-state index contributed by atoms with van der Waals surface area (Å²) in [5.74, 6) is 5.97. The largest absolute Gasteiger partial charge is 0.353 e. The first-order valence-electron chi connectivity index (χ1n) is 5.17. The van der Waals surface area contributed by atoms with E-state index in [4.69, 9.17) is 17.4 Å². The fraction of sp³-hybridized carbons (Fsp3) is 0.444. The summed E-state index contributed by atoms with van der Waals surface area (Å²) in [5, 5.41) is 3.17. The molecule has 0 bridgehead atoms. The number of aromatic nitrogens is 2. The second-order valence-electron chi connectivity index (χ2n) is 3.67. The number of hydrogen-bond acceptors (Lipinski definition) is 6. The third-order valence-electron chi connectivity index (χ3n) is 2.63. The summed E-state index contributed by atoms with van der Waals surface area (Å²) in [7, 11) is 0. The zero-order valence-electron chi connectivity index (χ0n) is 9.27. The molecule has 2 heterocycles. The Morgan fingerprint density at radius 1 is 1.71 bits per heavy atom. The lowest BCUT2D eigenvalue weighted by atomic mass is 10.2. The van der Waals surface area contributed by atoms with Crippen LogP contribution in [0.4, 0.5) is 11.8 Å². The van der Waals surface area contributed by atoms with Crippen LogP contribution >= 0.6 is 11.6 Å². The number of rotatable bonds is 2. The first-order valence-corrected chi connectivity index (χ1v) is 5.55. The molecule has 4 N–H and O–H groups in total. The van der Waals surface area contributed by atoms with Gasteiger partial charge in [-0.1, -0.05) is 11.6 Å². The molecular formula is C9H13ClN6O. The summed E-state index contributed by atoms with van der Waals surface area (Å²) in [6.45, 7) is 3.00. The Kier molecular flexibility index (Phi) is 3.30. The minimum absolute atomic E-state index is 0.0480. The van der Waals surface area contributed by atoms with E-state index in [-0.39, 0.29) is 17.9 Å². The van der Waals surface area contributed by atoms with Gasteiger partial charge in [-0.2, -0.15) is 4.98 Å². The average molecular weight is 257 g/mol. The Morgan fingerprint density at radius 2 is 2.47 bits per heavy atom. The summed E-state index contributed by atoms with van der Waals surface area (Å²) >= 11 is 6.03. The molecule has 0 aliphatic carbocycles. The molecule has 7 nitrogen and oxygen atoms in total. The van der Waals surface area contributed by atoms with E-state index in [1.807, 2.05) is 4.90 Å². The van der Waals surface area contributed by atoms with Gasteiger partial charge in [0.05, 0.1) is 6.20 Å². The highest BCUT2D eigenvalue weighted by atomic mass is 35.5. The fourth-order valence-corrected chi connectivity index (χ4v) is 1.90. The fourth-order valence-electron chi connectivity index (χ4n) is 1.70. The van der Waals surface area contributed by atoms with Crippen molar-refractivity contribution >= 4 is 29.3 Å². The minimum atomic E-state index is -0.318. The van der Waals surface area contributed by atoms with E-state index in [0.29, 0.717) is 23.9 Å². The summed E-state index contributed by atoms with van der Waals surface area (Å²) in [6, 6.07) is -0.318. The van der Waals surface area contributed by atoms with Gasteiger partial charge in [-0.25, -0.2) is 10.8 Å². The van der Waals surface area contributed by atoms with Crippen LogP contribution in [0.5, 0.6) is 0 Å². The van der Waals surface area contributed by atoms with E-state index >= 15 is 0 Å². The second kappa shape index (κ2) is 4.72. The normalized spacial score (nSPS) is 20.1. The smallest absolute Gasteiger partial charge is 0.242 e. The van der Waals surface area contributed by atoms with Crippen molar-refractivity contribution < 1.29 is 4.79 Å². The van der Waals surface area contributed by atoms with Gasteiger partial charge in [0.1, 0.15) is 11.1 Å². The van der Waals surface area contributed by atoms with Crippen molar-refractivity contribution in [1.82, 2.24) is 15.3 Å². The molecule has 17 heavy (non-hydrogen) atoms. The van der Waals surface area contributed by atoms with Crippen LogP contribution in [0.25, 0.3) is 0 Å². The number of amides is 1. The molecule has 1 amide bonds. The van der Waals surface area contributed by atoms with Gasteiger partial charge in [-0.3, -0.25) is 10.2 Å². The van der Waals surface area contributed by atoms with Gasteiger partial charge in [-0.15, -0.1) is 0 Å². The molecule has 1 aromatic rings. The lowest BCUT2D eigenvalue weighted by molar-refractivity contribution is -0.122. The second-order valence-corrected chi connectivity index (χ2v) is 4.08. The quantitative estimate of drug-likeness (QED) is 0.498. The zero-order valence-corrected chi connectivity index (χ0v) is 10.0. The molecule has 0 radical (unpaired) electrons. The maximum Gasteiger partial charge on any atom is 0.242 e. The van der Waals surface area contributed by atoms with E-state index in [1.165, 1.54) is 6.20 Å². The molecule has 0 spiro atoms. The molecule has 0 saturated carbocycles. The van der Waals surface area contributed by atoms with Gasteiger partial charge >= 0.3 is 0 Å². The molecule has 1 atom stereocenters. The highest BCUT2D eigenvalue weighted by Gasteiger charge is 2.28. The number of nitrogens with one attached hydrogen (secondary N) is 2. The van der Waals surface area contributed by atoms with E-state index in [1.54, 1.807) is 6.92 Å². The molecule has 2 rings (SSSR count). The number of hydrazine groups is 1. The molecule has 1 saturated heterocycles. The predicted octanol–water partition coefficient (Wildman–Crippen LogP) is -0.260. The summed E-state index contributed by atoms with van der Waals surface area (Å²) in [6.07, 6.45) is 1.46. The SMILES string of the molecule is CC1C(=O)NCCN1c1nc(NN)ncc1Cl. The van der Waals surface area contributed by atoms with Crippen molar-refractivity contribution in [2.45, 2.75) is 13.0 Å². The van der Waals surface area contributed by atoms with Crippen LogP contribution in [-0.2, 0) is 4.79 Å². The van der Waals surface area contributed by atoms with E-state index < -0.39 is 0 Å². The standard InChI is InChI=1S/C9H13ClN6O/c1-5-8(17)12-2-3-16(5)7-6(10)4-13-9(14-7)15-11/h4-5H,2-3,11H2,1H3,(H,12,17)(H,13,14,15). The number of halogens is 1. The van der Waals surface area contributed by atoms with Crippen LogP contribution in [0, 0.1) is 0 Å². The van der Waals surface area contributed by atoms with Gasteiger partial charge < -0.3 is 10.2 Å². The number of nitrogens with two attached hydrogens (primary N) is 1. The minimum Gasteiger partial charge on any atom is -0.353 e. The summed E-state index contributed by atoms with van der Waals surface area (Å²) in [4.78, 5) is 21.4. The van der Waals surface area contributed by atoms with Crippen molar-refractivity contribution in [3.63, 3.8) is 0 Å². The van der Waals surface area contributed by atoms with Crippen molar-refractivity contribution in [2.24, 2.45) is 5.84 Å². The zero-order chi connectivity index (χ0) is 12.4. The van der Waals surface area contributed by atoms with Crippen LogP contribution in [0.2, 0.25) is 5.02 Å². The Balaban J connectivity index is 2.34. The topological polar surface area (TPSA) is 96.2 Å². The van der Waals surface area contributed by atoms with Crippen LogP contribution in [0.1, 0.15) is 6.92 Å². The number of nitrogen functional groups attached to an aromatic ring is 1. The van der Waals surface area contributed by atoms with Crippen LogP contribution in [0.15, 0.2) is 6.20 Å². The lowest BCUT2D eigenvalue weighted by Crippen LogP contribution is -2.54. The van der Waals surface area contributed by atoms with Gasteiger partial charge in [0.25, 0.3) is 0 Å². The van der Waals surface area contributed by atoms with E-state index in [9.17, 15) is 4.79 Å². The number of hydrogen-bond donors (Lipinski definition) is 3. The van der Waals surface area contributed by atoms with Gasteiger partial charge in [0.15, 0.2) is 5.82 Å². The predicted molar refractivity (Wildman–Crippen MR) is 64.7 cm³/mol. The van der Waals surface area contributed by atoms with Crippen LogP contribution < -0.4 is 21.5 Å². The maximum absolute atomic E-state index is 11.6. The molecule has 0 aromatic carbocycles. The number of carbonyl (C=O) groups is 1. The molecule has 1 aliphatic heterocycles. The third-order valence-corrected chi connectivity index (χ3v) is 2.89. The molecule has 92 valence electrons. The molecular weight excluding hydrogens is 244 g/mol. The highest BCUT2D eigenvalue weighted by molar-refractivity contribution is 6.32. The average Bonchev–Trinajstić information content (AvgIpc) is 2.34. The van der Waals surface area contributed by atoms with E-state index in [2.05, 4.69) is 20.7 Å². The Labute approximate surface area is 103 Å². The molecule has 8 heteroatoms. The lowest BCUT2D eigenvalue weighted by Gasteiger charge is -2.34. The maximum atomic E-state index is 11.6. The summed E-state index contributed by atoms with van der Waals surface area (Å²) in [5.41, 5.74) is 2.35. The van der Waals surface area contributed by atoms with Crippen LogP contribution in [-0.4, -0.2) is 35.0 Å². The highest BCUT2D eigenvalue weighted by Crippen LogP contribution is 2.25. The number of carbonyl (C=O) groups excluding carboxylic acids is 1. The number of anilines is 2. The Morgan fingerprint density at radius 3 is 3.18 bits per heavy atom. The first kappa shape index (κ1) is 11.9. The molecule has 1 aromatic heterocycles. The third kappa shape index (κ3) is 2.25. The Bertz CT molecular complexity index is 439. The summed E-state index contributed by atoms with van der Waals surface area (Å²) < 4.78 is 0. The monoisotopic (exact) mass is 256 g/mol. The van der Waals surface area contributed by atoms with E-state index in [0.717, 1.165) is 0 Å². The number of nitrogens with zero attached hydrogens (tertiary/aromatic N) is 3. The molecule has 1 fully saturated rings. The van der Waals surface area contributed by atoms with Gasteiger partial charge in [0, 0.05) is 13.1 Å². The van der Waals surface area contributed by atoms with Gasteiger partial charge in [-0.05, 0) is 6.92 Å². The van der Waals surface area contributed by atoms with Crippen LogP contribution in [0.3, 0.4) is 0 Å². The van der Waals surface area contributed by atoms with Crippen molar-refractivity contribution in [2.75, 3.05) is 23.4 Å².